The molecule has 0 radical (unpaired) electrons. The van der Waals surface area contributed by atoms with Gasteiger partial charge in [0.15, 0.2) is 0 Å². The van der Waals surface area contributed by atoms with Crippen LogP contribution in [0.2, 0.25) is 0 Å². The molecule has 0 saturated carbocycles. The number of anilines is 2. The van der Waals surface area contributed by atoms with Crippen LogP contribution in [0.3, 0.4) is 0 Å². The summed E-state index contributed by atoms with van der Waals surface area (Å²) in [5, 5.41) is 4.92. The van der Waals surface area contributed by atoms with Crippen molar-refractivity contribution in [1.82, 2.24) is 20.3 Å². The van der Waals surface area contributed by atoms with Crippen molar-refractivity contribution in [3.8, 4) is 0 Å². The number of pyridine rings is 1. The van der Waals surface area contributed by atoms with E-state index in [1.54, 1.807) is 6.92 Å². The van der Waals surface area contributed by atoms with Crippen LogP contribution in [0.1, 0.15) is 33.9 Å². The van der Waals surface area contributed by atoms with E-state index in [1.165, 1.54) is 18.6 Å². The molecule has 1 aliphatic heterocycles. The van der Waals surface area contributed by atoms with E-state index in [1.807, 2.05) is 0 Å². The lowest BCUT2D eigenvalue weighted by atomic mass is 9.87. The lowest BCUT2D eigenvalue weighted by Gasteiger charge is -2.21. The van der Waals surface area contributed by atoms with Crippen LogP contribution < -0.4 is 10.6 Å². The maximum atomic E-state index is 14.7. The zero-order valence-electron chi connectivity index (χ0n) is 20.4. The van der Waals surface area contributed by atoms with E-state index in [4.69, 9.17) is 4.74 Å². The molecule has 1 atom stereocenters. The fourth-order valence-electron chi connectivity index (χ4n) is 3.70. The monoisotopic (exact) mass is 548 g/mol. The molecule has 3 heterocycles. The second-order valence-electron chi connectivity index (χ2n) is 8.69. The number of amides is 2. The number of hydrogen-bond acceptors (Lipinski definition) is 7. The number of nitrogens with zero attached hydrogens (tertiary/aromatic N) is 4. The van der Waals surface area contributed by atoms with E-state index in [0.29, 0.717) is 11.9 Å². The largest absolute Gasteiger partial charge is 0.418 e. The Balaban J connectivity index is 1.44. The molecule has 3 aromatic rings. The number of aryl methyl sites for hydroxylation is 1. The van der Waals surface area contributed by atoms with Crippen molar-refractivity contribution in [2.75, 3.05) is 18.5 Å². The molecule has 0 spiro atoms. The number of aliphatic imine (C=N–C) groups is 1. The molecule has 2 aromatic heterocycles. The summed E-state index contributed by atoms with van der Waals surface area (Å²) in [6.45, 7) is 1.48. The zero-order valence-corrected chi connectivity index (χ0v) is 20.4. The number of carbonyl (C=O) groups is 2. The Morgan fingerprint density at radius 3 is 2.51 bits per heavy atom. The highest BCUT2D eigenvalue weighted by Crippen LogP contribution is 2.36. The fraction of sp³-hybridized carbons (Fsp3) is 0.280. The number of carbonyl (C=O) groups excluding carboxylic acids is 2. The summed E-state index contributed by atoms with van der Waals surface area (Å²) >= 11 is 0. The van der Waals surface area contributed by atoms with Gasteiger partial charge >= 0.3 is 6.18 Å². The lowest BCUT2D eigenvalue weighted by molar-refractivity contribution is -0.137. The summed E-state index contributed by atoms with van der Waals surface area (Å²) < 4.78 is 73.1. The molecular weight excluding hydrogens is 527 g/mol. The number of nitrogens with one attached hydrogen (secondary N) is 2. The van der Waals surface area contributed by atoms with E-state index in [9.17, 15) is 31.5 Å². The third-order valence-corrected chi connectivity index (χ3v) is 5.86. The second-order valence-corrected chi connectivity index (χ2v) is 8.69. The van der Waals surface area contributed by atoms with Crippen LogP contribution >= 0.6 is 0 Å². The summed E-state index contributed by atoms with van der Waals surface area (Å²) in [5.41, 5.74) is -3.21. The smallest absolute Gasteiger partial charge is 0.380 e. The number of rotatable bonds is 7. The molecule has 1 aromatic carbocycles. The molecule has 2 N–H and O–H groups in total. The number of benzene rings is 1. The minimum Gasteiger partial charge on any atom is -0.380 e. The van der Waals surface area contributed by atoms with E-state index >= 15 is 0 Å². The van der Waals surface area contributed by atoms with E-state index in [0.717, 1.165) is 24.4 Å². The van der Waals surface area contributed by atoms with Gasteiger partial charge in [-0.15, -0.1) is 0 Å². The van der Waals surface area contributed by atoms with Crippen LogP contribution in [0, 0.1) is 24.0 Å². The summed E-state index contributed by atoms with van der Waals surface area (Å²) in [4.78, 5) is 41.0. The van der Waals surface area contributed by atoms with Crippen molar-refractivity contribution in [3.63, 3.8) is 0 Å². The quantitative estimate of drug-likeness (QED) is 0.336. The molecular formula is C25H21F5N6O3. The first kappa shape index (κ1) is 27.7. The van der Waals surface area contributed by atoms with Crippen LogP contribution in [-0.2, 0) is 22.3 Å². The van der Waals surface area contributed by atoms with Crippen molar-refractivity contribution in [2.24, 2.45) is 10.4 Å². The van der Waals surface area contributed by atoms with Crippen LogP contribution in [0.5, 0.6) is 0 Å². The third-order valence-electron chi connectivity index (χ3n) is 5.86. The molecule has 2 amide bonds. The zero-order chi connectivity index (χ0) is 28.2. The molecule has 39 heavy (non-hydrogen) atoms. The Morgan fingerprint density at radius 1 is 1.13 bits per heavy atom. The molecule has 204 valence electrons. The molecule has 0 bridgehead atoms. The molecule has 0 unspecified atom stereocenters. The van der Waals surface area contributed by atoms with Crippen molar-refractivity contribution < 1.29 is 36.3 Å². The maximum absolute atomic E-state index is 14.7. The minimum atomic E-state index is -4.84. The van der Waals surface area contributed by atoms with Gasteiger partial charge in [0.25, 0.3) is 5.91 Å². The summed E-state index contributed by atoms with van der Waals surface area (Å²) in [7, 11) is 0. The second kappa shape index (κ2) is 11.2. The van der Waals surface area contributed by atoms with Crippen LogP contribution in [0.25, 0.3) is 0 Å². The summed E-state index contributed by atoms with van der Waals surface area (Å²) in [6.07, 6.45) is 0.266. The first-order chi connectivity index (χ1) is 18.5. The molecule has 1 aliphatic rings. The standard InChI is InChI=1S/C25H21F5N6O3/c1-14-31-8-15(9-32-14)22(37)35-12-24(4-5-39-13-24)23(38)34-11-21-19(27)7-17(10-33-21)36-20-3-2-16(26)6-18(20)25(28,29)30/h2-3,6-10,12,36H,4-5,11,13H2,1H3,(H,34,38)/t24-/m0/s1. The number of alkyl halides is 3. The van der Waals surface area contributed by atoms with Gasteiger partial charge in [-0.25, -0.2) is 23.7 Å². The molecule has 1 fully saturated rings. The van der Waals surface area contributed by atoms with Crippen LogP contribution in [-0.4, -0.2) is 46.2 Å². The highest BCUT2D eigenvalue weighted by atomic mass is 19.4. The van der Waals surface area contributed by atoms with Crippen LogP contribution in [0.4, 0.5) is 33.3 Å². The summed E-state index contributed by atoms with van der Waals surface area (Å²) in [6, 6.07) is 2.94. The highest BCUT2D eigenvalue weighted by molar-refractivity contribution is 6.05. The molecule has 14 heteroatoms. The van der Waals surface area contributed by atoms with Gasteiger partial charge < -0.3 is 15.4 Å². The van der Waals surface area contributed by atoms with Crippen molar-refractivity contribution >= 4 is 29.4 Å². The average Bonchev–Trinajstić information content (AvgIpc) is 3.38. The van der Waals surface area contributed by atoms with Crippen molar-refractivity contribution in [3.05, 3.63) is 77.1 Å². The highest BCUT2D eigenvalue weighted by Gasteiger charge is 2.41. The van der Waals surface area contributed by atoms with Gasteiger partial charge in [0.1, 0.15) is 22.9 Å². The Hall–Kier alpha value is -4.33. The molecule has 4 rings (SSSR count). The predicted octanol–water partition coefficient (Wildman–Crippen LogP) is 4.15. The minimum absolute atomic E-state index is 0.0576. The average molecular weight is 548 g/mol. The first-order valence-electron chi connectivity index (χ1n) is 11.5. The Morgan fingerprint density at radius 2 is 1.87 bits per heavy atom. The number of hydrogen-bond donors (Lipinski definition) is 2. The van der Waals surface area contributed by atoms with Gasteiger partial charge in [0.2, 0.25) is 5.91 Å². The van der Waals surface area contributed by atoms with Gasteiger partial charge in [0.05, 0.1) is 47.5 Å². The van der Waals surface area contributed by atoms with Gasteiger partial charge in [0, 0.05) is 31.3 Å². The Labute approximate surface area is 218 Å². The number of aromatic nitrogens is 3. The number of ether oxygens (including phenoxy) is 1. The third kappa shape index (κ3) is 6.57. The van der Waals surface area contributed by atoms with Gasteiger partial charge in [-0.2, -0.15) is 13.2 Å². The Kier molecular flexibility index (Phi) is 7.95. The maximum Gasteiger partial charge on any atom is 0.418 e. The Bertz CT molecular complexity index is 1410. The summed E-state index contributed by atoms with van der Waals surface area (Å²) in [5.74, 6) is -2.74. The van der Waals surface area contributed by atoms with E-state index < -0.39 is 46.3 Å². The van der Waals surface area contributed by atoms with Crippen molar-refractivity contribution in [1.29, 1.82) is 0 Å². The molecule has 9 nitrogen and oxygen atoms in total. The van der Waals surface area contributed by atoms with E-state index in [2.05, 4.69) is 30.6 Å². The SMILES string of the molecule is Cc1ncc(C(=O)N=C[C@@]2(C(=O)NCc3ncc(Nc4ccc(F)cc4C(F)(F)F)cc3F)CCOC2)cn1. The van der Waals surface area contributed by atoms with Gasteiger partial charge in [-0.1, -0.05) is 0 Å². The normalized spacial score (nSPS) is 17.4. The first-order valence-corrected chi connectivity index (χ1v) is 11.5. The number of halogens is 5. The molecule has 1 saturated heterocycles. The predicted molar refractivity (Wildman–Crippen MR) is 128 cm³/mol. The molecule has 0 aliphatic carbocycles. The fourth-order valence-corrected chi connectivity index (χ4v) is 3.70. The van der Waals surface area contributed by atoms with Crippen molar-refractivity contribution in [2.45, 2.75) is 26.1 Å². The van der Waals surface area contributed by atoms with Gasteiger partial charge in [-0.3, -0.25) is 14.6 Å². The van der Waals surface area contributed by atoms with Gasteiger partial charge in [-0.05, 0) is 31.5 Å². The topological polar surface area (TPSA) is 118 Å². The van der Waals surface area contributed by atoms with E-state index in [-0.39, 0.29) is 43.1 Å². The lowest BCUT2D eigenvalue weighted by Crippen LogP contribution is -2.43. The van der Waals surface area contributed by atoms with Crippen LogP contribution in [0.15, 0.2) is 47.8 Å².